The summed E-state index contributed by atoms with van der Waals surface area (Å²) in [6.45, 7) is 4.49. The van der Waals surface area contributed by atoms with Gasteiger partial charge in [0.1, 0.15) is 9.75 Å². The molecule has 12 heteroatoms. The van der Waals surface area contributed by atoms with Crippen LogP contribution in [0.15, 0.2) is 30.4 Å². The van der Waals surface area contributed by atoms with Gasteiger partial charge in [-0.2, -0.15) is 0 Å². The highest BCUT2D eigenvalue weighted by Crippen LogP contribution is 2.44. The third-order valence-electron chi connectivity index (χ3n) is 14.8. The molecule has 4 saturated carbocycles. The van der Waals surface area contributed by atoms with Gasteiger partial charge >= 0.3 is 11.9 Å². The molecular weight excluding hydrogens is 821 g/mol. The van der Waals surface area contributed by atoms with Crippen molar-refractivity contribution >= 4 is 63.4 Å². The first-order valence-corrected chi connectivity index (χ1v) is 25.6. The minimum Gasteiger partial charge on any atom is -0.477 e. The van der Waals surface area contributed by atoms with Crippen LogP contribution >= 0.6 is 22.7 Å². The number of carbonyl (C=O) groups excluding carboxylic acids is 2. The second kappa shape index (κ2) is 21.6. The minimum absolute atomic E-state index is 0.0254. The monoisotopic (exact) mass is 890 g/mol. The number of allylic oxidation sites excluding steroid dienone is 4. The number of aromatic carboxylic acids is 2. The first-order chi connectivity index (χ1) is 29.9. The van der Waals surface area contributed by atoms with Gasteiger partial charge in [-0.25, -0.2) is 9.59 Å². The SMILES string of the molecule is CC1CCC(C(=O)N(c2cc(C3=CCCCC3)sc2C(=O)O)C2CCC(O)CC2)CC1.CC1CCC(C(=O)N(c2cc(C3C=CCCC3)sc2C(=O)O)C2CCC(O)CC2)CC1. The first-order valence-electron chi connectivity index (χ1n) is 24.0. The van der Waals surface area contributed by atoms with Gasteiger partial charge in [-0.05, 0) is 177 Å². The third kappa shape index (κ3) is 11.3. The second-order valence-corrected chi connectivity index (χ2v) is 21.6. The molecule has 2 aromatic rings. The molecule has 0 bridgehead atoms. The van der Waals surface area contributed by atoms with Crippen molar-refractivity contribution in [3.05, 3.63) is 49.9 Å². The molecule has 0 saturated heterocycles. The molecule has 0 spiro atoms. The van der Waals surface area contributed by atoms with Crippen LogP contribution in [0.5, 0.6) is 0 Å². The average Bonchev–Trinajstić information content (AvgIpc) is 3.93. The Bertz CT molecular complexity index is 1920. The number of thiophene rings is 2. The molecule has 1 atom stereocenters. The van der Waals surface area contributed by atoms with Crippen LogP contribution in [0.25, 0.3) is 5.57 Å². The molecule has 2 amide bonds. The van der Waals surface area contributed by atoms with E-state index in [0.717, 1.165) is 125 Å². The standard InChI is InChI=1S/2C25H35NO4S/c2*1-16-7-9-18(10-8-16)24(28)26(19-11-13-20(27)14-12-19)21-15-22(31-23(21)25(29)30)17-5-3-2-4-6-17/h5,15-16,18-20,27H,2-4,6-14H2,1H3,(H,29,30);3,5,15-20,27H,2,4,6-14H2,1H3,(H,29,30). The van der Waals surface area contributed by atoms with Gasteiger partial charge in [0, 0.05) is 39.6 Å². The van der Waals surface area contributed by atoms with E-state index in [4.69, 9.17) is 0 Å². The van der Waals surface area contributed by atoms with Crippen LogP contribution in [0.4, 0.5) is 11.4 Å². The van der Waals surface area contributed by atoms with Crippen molar-refractivity contribution in [2.45, 2.75) is 192 Å². The summed E-state index contributed by atoms with van der Waals surface area (Å²) in [6.07, 6.45) is 26.9. The van der Waals surface area contributed by atoms with Gasteiger partial charge in [-0.15, -0.1) is 22.7 Å². The Labute approximate surface area is 376 Å². The number of carboxylic acid groups (broad SMARTS) is 2. The fraction of sp³-hybridized carbons (Fsp3) is 0.680. The van der Waals surface area contributed by atoms with Crippen molar-refractivity contribution in [3.8, 4) is 0 Å². The highest BCUT2D eigenvalue weighted by atomic mass is 32.1. The Balaban J connectivity index is 0.000000186. The smallest absolute Gasteiger partial charge is 0.348 e. The van der Waals surface area contributed by atoms with Gasteiger partial charge in [0.2, 0.25) is 11.8 Å². The number of amides is 2. The molecule has 6 aliphatic rings. The van der Waals surface area contributed by atoms with Crippen molar-refractivity contribution in [1.29, 1.82) is 0 Å². The number of carboxylic acids is 2. The van der Waals surface area contributed by atoms with Crippen LogP contribution in [-0.4, -0.2) is 68.5 Å². The molecule has 6 aliphatic carbocycles. The summed E-state index contributed by atoms with van der Waals surface area (Å²) >= 11 is 2.66. The zero-order chi connectivity index (χ0) is 43.9. The minimum atomic E-state index is -0.950. The number of hydrogen-bond donors (Lipinski definition) is 4. The van der Waals surface area contributed by atoms with E-state index in [1.165, 1.54) is 34.7 Å². The summed E-state index contributed by atoms with van der Waals surface area (Å²) in [5.74, 6) is -0.205. The molecule has 2 heterocycles. The van der Waals surface area contributed by atoms with E-state index in [9.17, 15) is 39.6 Å². The van der Waals surface area contributed by atoms with E-state index in [1.54, 1.807) is 0 Å². The van der Waals surface area contributed by atoms with E-state index in [1.807, 2.05) is 21.9 Å². The maximum absolute atomic E-state index is 13.8. The highest BCUT2D eigenvalue weighted by Gasteiger charge is 2.39. The van der Waals surface area contributed by atoms with Crippen LogP contribution in [0, 0.1) is 23.7 Å². The molecule has 8 rings (SSSR count). The number of aliphatic hydroxyl groups is 2. The number of nitrogens with zero attached hydrogens (tertiary/aromatic N) is 2. The van der Waals surface area contributed by atoms with Crippen LogP contribution in [-0.2, 0) is 9.59 Å². The number of rotatable bonds is 10. The first kappa shape index (κ1) is 46.7. The van der Waals surface area contributed by atoms with E-state index in [2.05, 4.69) is 32.1 Å². The lowest BCUT2D eigenvalue weighted by atomic mass is 9.81. The summed E-state index contributed by atoms with van der Waals surface area (Å²) in [6, 6.07) is 3.90. The quantitative estimate of drug-likeness (QED) is 0.172. The van der Waals surface area contributed by atoms with E-state index in [-0.39, 0.29) is 63.6 Å². The summed E-state index contributed by atoms with van der Waals surface area (Å²) in [7, 11) is 0. The Kier molecular flexibility index (Phi) is 16.2. The summed E-state index contributed by atoms with van der Waals surface area (Å²) in [4.78, 5) is 58.4. The zero-order valence-corrected chi connectivity index (χ0v) is 38.6. The topological polar surface area (TPSA) is 156 Å². The molecule has 4 N–H and O–H groups in total. The van der Waals surface area contributed by atoms with Gasteiger partial charge in [0.15, 0.2) is 0 Å². The van der Waals surface area contributed by atoms with Gasteiger partial charge in [0.05, 0.1) is 23.6 Å². The van der Waals surface area contributed by atoms with Crippen molar-refractivity contribution in [2.75, 3.05) is 9.80 Å². The van der Waals surface area contributed by atoms with Crippen molar-refractivity contribution in [3.63, 3.8) is 0 Å². The highest BCUT2D eigenvalue weighted by molar-refractivity contribution is 7.15. The molecule has 340 valence electrons. The largest absolute Gasteiger partial charge is 0.477 e. The molecule has 0 aromatic carbocycles. The predicted octanol–water partition coefficient (Wildman–Crippen LogP) is 11.6. The average molecular weight is 891 g/mol. The maximum Gasteiger partial charge on any atom is 0.348 e. The summed E-state index contributed by atoms with van der Waals surface area (Å²) in [5, 5.41) is 40.0. The lowest BCUT2D eigenvalue weighted by Gasteiger charge is -2.38. The predicted molar refractivity (Wildman–Crippen MR) is 248 cm³/mol. The van der Waals surface area contributed by atoms with Crippen LogP contribution < -0.4 is 9.80 Å². The van der Waals surface area contributed by atoms with E-state index < -0.39 is 11.9 Å². The van der Waals surface area contributed by atoms with Crippen molar-refractivity contribution in [1.82, 2.24) is 0 Å². The Hall–Kier alpha value is -3.32. The van der Waals surface area contributed by atoms with E-state index >= 15 is 0 Å². The van der Waals surface area contributed by atoms with Crippen molar-refractivity contribution < 1.29 is 39.6 Å². The number of anilines is 2. The normalized spacial score (nSPS) is 30.3. The van der Waals surface area contributed by atoms with Crippen LogP contribution in [0.2, 0.25) is 0 Å². The lowest BCUT2D eigenvalue weighted by molar-refractivity contribution is -0.125. The molecule has 0 radical (unpaired) electrons. The molecular formula is C50H70N2O8S2. The Morgan fingerprint density at radius 1 is 0.581 bits per heavy atom. The summed E-state index contributed by atoms with van der Waals surface area (Å²) < 4.78 is 0. The Morgan fingerprint density at radius 2 is 1.08 bits per heavy atom. The second-order valence-electron chi connectivity index (χ2n) is 19.5. The van der Waals surface area contributed by atoms with Crippen molar-refractivity contribution in [2.24, 2.45) is 23.7 Å². The van der Waals surface area contributed by atoms with Gasteiger partial charge < -0.3 is 30.2 Å². The van der Waals surface area contributed by atoms with Gasteiger partial charge in [-0.1, -0.05) is 32.1 Å². The van der Waals surface area contributed by atoms with Gasteiger partial charge in [0.25, 0.3) is 0 Å². The zero-order valence-electron chi connectivity index (χ0n) is 37.0. The fourth-order valence-electron chi connectivity index (χ4n) is 10.9. The lowest BCUT2D eigenvalue weighted by Crippen LogP contribution is -2.47. The molecule has 0 aliphatic heterocycles. The fourth-order valence-corrected chi connectivity index (χ4v) is 13.1. The molecule has 10 nitrogen and oxygen atoms in total. The van der Waals surface area contributed by atoms with E-state index in [0.29, 0.717) is 48.9 Å². The number of aliphatic hydroxyl groups excluding tert-OH is 2. The summed E-state index contributed by atoms with van der Waals surface area (Å²) in [5.41, 5.74) is 2.41. The Morgan fingerprint density at radius 3 is 1.53 bits per heavy atom. The third-order valence-corrected chi connectivity index (χ3v) is 17.3. The maximum atomic E-state index is 13.8. The molecule has 1 unspecified atom stereocenters. The number of carbonyl (C=O) groups is 4. The van der Waals surface area contributed by atoms with Gasteiger partial charge in [-0.3, -0.25) is 9.59 Å². The number of hydrogen-bond acceptors (Lipinski definition) is 8. The molecule has 4 fully saturated rings. The van der Waals surface area contributed by atoms with Crippen LogP contribution in [0.3, 0.4) is 0 Å². The molecule has 2 aromatic heterocycles. The molecule has 62 heavy (non-hydrogen) atoms. The van der Waals surface area contributed by atoms with Crippen LogP contribution in [0.1, 0.15) is 197 Å².